The van der Waals surface area contributed by atoms with Gasteiger partial charge in [-0.1, -0.05) is 13.0 Å². The van der Waals surface area contributed by atoms with Crippen LogP contribution in [0.1, 0.15) is 24.2 Å². The van der Waals surface area contributed by atoms with Crippen molar-refractivity contribution in [1.29, 1.82) is 0 Å². The second-order valence-corrected chi connectivity index (χ2v) is 4.74. The molecule has 0 radical (unpaired) electrons. The monoisotopic (exact) mass is 295 g/mol. The second kappa shape index (κ2) is 6.67. The second-order valence-electron chi connectivity index (χ2n) is 4.74. The van der Waals surface area contributed by atoms with Crippen molar-refractivity contribution < 1.29 is 13.5 Å². The number of aryl methyl sites for hydroxylation is 1. The summed E-state index contributed by atoms with van der Waals surface area (Å²) in [5, 5.41) is 7.37. The number of nitrogens with zero attached hydrogens (tertiary/aromatic N) is 2. The van der Waals surface area contributed by atoms with E-state index < -0.39 is 11.6 Å². The van der Waals surface area contributed by atoms with Gasteiger partial charge in [0.1, 0.15) is 11.6 Å². The number of ether oxygens (including phenoxy) is 1. The Kier molecular flexibility index (Phi) is 4.90. The van der Waals surface area contributed by atoms with Crippen molar-refractivity contribution in [3.05, 3.63) is 47.3 Å². The van der Waals surface area contributed by atoms with E-state index in [2.05, 4.69) is 10.4 Å². The lowest BCUT2D eigenvalue weighted by Crippen LogP contribution is -2.26. The zero-order valence-electron chi connectivity index (χ0n) is 12.4. The number of hydrogen-bond donors (Lipinski definition) is 1. The van der Waals surface area contributed by atoms with Crippen LogP contribution in [0.2, 0.25) is 0 Å². The van der Waals surface area contributed by atoms with E-state index in [1.165, 1.54) is 18.2 Å². The number of aromatic nitrogens is 2. The fourth-order valence-electron chi connectivity index (χ4n) is 2.42. The van der Waals surface area contributed by atoms with Crippen LogP contribution in [0.25, 0.3) is 0 Å². The van der Waals surface area contributed by atoms with Crippen LogP contribution in [-0.2, 0) is 13.5 Å². The summed E-state index contributed by atoms with van der Waals surface area (Å²) in [5.74, 6) is -0.488. The van der Waals surface area contributed by atoms with Gasteiger partial charge in [0.15, 0.2) is 5.75 Å². The molecule has 0 amide bonds. The standard InChI is InChI=1S/C15H19F2N3O/c1-4-18-13(15-14(21-3)9-19-20(15)2)8-10-11(16)6-5-7-12(10)17/h5-7,9,13,18H,4,8H2,1-3H3. The van der Waals surface area contributed by atoms with Crippen LogP contribution in [0.3, 0.4) is 0 Å². The highest BCUT2D eigenvalue weighted by atomic mass is 19.1. The van der Waals surface area contributed by atoms with Crippen LogP contribution in [-0.4, -0.2) is 23.4 Å². The summed E-state index contributed by atoms with van der Waals surface area (Å²) in [7, 11) is 3.33. The molecule has 2 rings (SSSR count). The fourth-order valence-corrected chi connectivity index (χ4v) is 2.42. The Labute approximate surface area is 122 Å². The largest absolute Gasteiger partial charge is 0.493 e. The molecule has 114 valence electrons. The zero-order valence-corrected chi connectivity index (χ0v) is 12.4. The molecular formula is C15H19F2N3O. The molecule has 1 N–H and O–H groups in total. The number of likely N-dealkylation sites (N-methyl/N-ethyl adjacent to an activating group) is 1. The lowest BCUT2D eigenvalue weighted by atomic mass is 10.0. The number of rotatable bonds is 6. The van der Waals surface area contributed by atoms with Crippen LogP contribution in [0, 0.1) is 11.6 Å². The van der Waals surface area contributed by atoms with E-state index in [-0.39, 0.29) is 18.0 Å². The molecule has 1 unspecified atom stereocenters. The summed E-state index contributed by atoms with van der Waals surface area (Å²) in [4.78, 5) is 0. The first kappa shape index (κ1) is 15.4. The summed E-state index contributed by atoms with van der Waals surface area (Å²) in [5.41, 5.74) is 0.828. The van der Waals surface area contributed by atoms with Gasteiger partial charge in [-0.3, -0.25) is 4.68 Å². The van der Waals surface area contributed by atoms with Gasteiger partial charge in [-0.2, -0.15) is 5.10 Å². The SMILES string of the molecule is CCNC(Cc1c(F)cccc1F)c1c(OC)cnn1C. The highest BCUT2D eigenvalue weighted by Gasteiger charge is 2.23. The van der Waals surface area contributed by atoms with Crippen molar-refractivity contribution in [3.8, 4) is 5.75 Å². The number of nitrogens with one attached hydrogen (secondary N) is 1. The van der Waals surface area contributed by atoms with E-state index >= 15 is 0 Å². The van der Waals surface area contributed by atoms with Crippen LogP contribution in [0.15, 0.2) is 24.4 Å². The number of benzene rings is 1. The average Bonchev–Trinajstić information content (AvgIpc) is 2.83. The minimum absolute atomic E-state index is 0.0618. The maximum Gasteiger partial charge on any atom is 0.161 e. The first-order valence-electron chi connectivity index (χ1n) is 6.80. The molecule has 0 saturated carbocycles. The molecule has 0 aliphatic heterocycles. The Balaban J connectivity index is 2.38. The quantitative estimate of drug-likeness (QED) is 0.890. The van der Waals surface area contributed by atoms with Crippen molar-refractivity contribution in [2.24, 2.45) is 7.05 Å². The maximum absolute atomic E-state index is 13.9. The van der Waals surface area contributed by atoms with Crippen LogP contribution in [0.5, 0.6) is 5.75 Å². The van der Waals surface area contributed by atoms with Crippen molar-refractivity contribution in [3.63, 3.8) is 0 Å². The third-order valence-corrected chi connectivity index (χ3v) is 3.42. The van der Waals surface area contributed by atoms with Gasteiger partial charge in [0.05, 0.1) is 25.0 Å². The molecule has 2 aromatic rings. The van der Waals surface area contributed by atoms with Gasteiger partial charge in [0.2, 0.25) is 0 Å². The molecule has 0 spiro atoms. The topological polar surface area (TPSA) is 39.1 Å². The molecule has 1 atom stereocenters. The third kappa shape index (κ3) is 3.21. The van der Waals surface area contributed by atoms with Gasteiger partial charge in [-0.05, 0) is 25.1 Å². The van der Waals surface area contributed by atoms with E-state index in [0.29, 0.717) is 12.3 Å². The lowest BCUT2D eigenvalue weighted by molar-refractivity contribution is 0.391. The summed E-state index contributed by atoms with van der Waals surface area (Å²) in [6.45, 7) is 2.60. The minimum atomic E-state index is -0.543. The Morgan fingerprint density at radius 2 is 2.00 bits per heavy atom. The van der Waals surface area contributed by atoms with Gasteiger partial charge < -0.3 is 10.1 Å². The molecule has 21 heavy (non-hydrogen) atoms. The van der Waals surface area contributed by atoms with E-state index in [1.807, 2.05) is 6.92 Å². The fraction of sp³-hybridized carbons (Fsp3) is 0.400. The number of methoxy groups -OCH3 is 1. The normalized spacial score (nSPS) is 12.4. The Hall–Kier alpha value is -1.95. The maximum atomic E-state index is 13.9. The summed E-state index contributed by atoms with van der Waals surface area (Å²) in [6, 6.07) is 3.61. The molecule has 0 bridgehead atoms. The molecule has 1 aromatic heterocycles. The van der Waals surface area contributed by atoms with Crippen molar-refractivity contribution >= 4 is 0 Å². The van der Waals surface area contributed by atoms with Gasteiger partial charge in [0.25, 0.3) is 0 Å². The molecule has 1 aromatic carbocycles. The van der Waals surface area contributed by atoms with Crippen molar-refractivity contribution in [2.45, 2.75) is 19.4 Å². The van der Waals surface area contributed by atoms with Crippen molar-refractivity contribution in [2.75, 3.05) is 13.7 Å². The predicted octanol–water partition coefficient (Wildman–Crippen LogP) is 2.60. The predicted molar refractivity (Wildman–Crippen MR) is 76.2 cm³/mol. The first-order chi connectivity index (χ1) is 10.1. The van der Waals surface area contributed by atoms with E-state index in [9.17, 15) is 8.78 Å². The molecule has 0 aliphatic carbocycles. The molecule has 6 heteroatoms. The highest BCUT2D eigenvalue weighted by Crippen LogP contribution is 2.28. The van der Waals surface area contributed by atoms with E-state index in [4.69, 9.17) is 4.74 Å². The van der Waals surface area contributed by atoms with Gasteiger partial charge >= 0.3 is 0 Å². The smallest absolute Gasteiger partial charge is 0.161 e. The van der Waals surface area contributed by atoms with Crippen LogP contribution in [0.4, 0.5) is 8.78 Å². The van der Waals surface area contributed by atoms with E-state index in [1.54, 1.807) is 25.0 Å². The number of halogens is 2. The van der Waals surface area contributed by atoms with Crippen LogP contribution < -0.4 is 10.1 Å². The summed E-state index contributed by atoms with van der Waals surface area (Å²) < 4.78 is 34.6. The number of hydrogen-bond acceptors (Lipinski definition) is 3. The molecule has 0 aliphatic rings. The molecule has 0 fully saturated rings. The molecule has 4 nitrogen and oxygen atoms in total. The van der Waals surface area contributed by atoms with Gasteiger partial charge in [-0.25, -0.2) is 8.78 Å². The Morgan fingerprint density at radius 1 is 1.33 bits per heavy atom. The molecule has 0 saturated heterocycles. The third-order valence-electron chi connectivity index (χ3n) is 3.42. The Morgan fingerprint density at radius 3 is 2.57 bits per heavy atom. The highest BCUT2D eigenvalue weighted by molar-refractivity contribution is 5.31. The zero-order chi connectivity index (χ0) is 15.4. The first-order valence-corrected chi connectivity index (χ1v) is 6.80. The Bertz CT molecular complexity index is 593. The molecular weight excluding hydrogens is 276 g/mol. The lowest BCUT2D eigenvalue weighted by Gasteiger charge is -2.20. The minimum Gasteiger partial charge on any atom is -0.493 e. The van der Waals surface area contributed by atoms with Crippen LogP contribution >= 0.6 is 0 Å². The van der Waals surface area contributed by atoms with E-state index in [0.717, 1.165) is 5.69 Å². The van der Waals surface area contributed by atoms with Crippen molar-refractivity contribution in [1.82, 2.24) is 15.1 Å². The van der Waals surface area contributed by atoms with Gasteiger partial charge in [0, 0.05) is 12.6 Å². The summed E-state index contributed by atoms with van der Waals surface area (Å²) >= 11 is 0. The van der Waals surface area contributed by atoms with Gasteiger partial charge in [-0.15, -0.1) is 0 Å². The summed E-state index contributed by atoms with van der Waals surface area (Å²) in [6.07, 6.45) is 1.78. The molecule has 1 heterocycles. The average molecular weight is 295 g/mol.